The number of carbonyl (C=O) groups is 2. The normalized spacial score (nSPS) is 10.3. The molecule has 0 saturated carbocycles. The molecule has 0 bridgehead atoms. The number of hydrogen-bond donors (Lipinski definition) is 1. The fourth-order valence-electron chi connectivity index (χ4n) is 1.49. The molecular weight excluding hydrogens is 248 g/mol. The standard InChI is InChI=1S/C13H26N2O4/c1-14-12(16)10-19-11-15(2)13(17)8-6-4-5-7-9-18-3/h4-11H2,1-3H3,(H,14,16). The maximum absolute atomic E-state index is 11.7. The van der Waals surface area contributed by atoms with Crippen LogP contribution < -0.4 is 5.32 Å². The molecule has 2 amide bonds. The molecule has 0 aliphatic heterocycles. The number of amides is 2. The van der Waals surface area contributed by atoms with Crippen LogP contribution in [0.1, 0.15) is 32.1 Å². The number of carbonyl (C=O) groups excluding carboxylic acids is 2. The fourth-order valence-corrected chi connectivity index (χ4v) is 1.49. The Morgan fingerprint density at radius 2 is 1.84 bits per heavy atom. The third kappa shape index (κ3) is 10.5. The molecule has 0 rings (SSSR count). The minimum absolute atomic E-state index is 0.0227. The van der Waals surface area contributed by atoms with Crippen molar-refractivity contribution in [1.29, 1.82) is 0 Å². The Labute approximate surface area is 115 Å². The number of hydrogen-bond acceptors (Lipinski definition) is 4. The number of nitrogens with zero attached hydrogens (tertiary/aromatic N) is 1. The number of ether oxygens (including phenoxy) is 2. The van der Waals surface area contributed by atoms with Crippen molar-refractivity contribution >= 4 is 11.8 Å². The molecule has 0 heterocycles. The number of methoxy groups -OCH3 is 1. The van der Waals surface area contributed by atoms with Crippen LogP contribution in [-0.2, 0) is 19.1 Å². The van der Waals surface area contributed by atoms with Gasteiger partial charge in [0.2, 0.25) is 11.8 Å². The van der Waals surface area contributed by atoms with E-state index in [0.717, 1.165) is 32.3 Å². The average Bonchev–Trinajstić information content (AvgIpc) is 2.41. The highest BCUT2D eigenvalue weighted by atomic mass is 16.5. The summed E-state index contributed by atoms with van der Waals surface area (Å²) in [6.07, 6.45) is 4.55. The summed E-state index contributed by atoms with van der Waals surface area (Å²) in [5.41, 5.74) is 0. The number of likely N-dealkylation sites (N-methyl/N-ethyl adjacent to an activating group) is 1. The van der Waals surface area contributed by atoms with Crippen LogP contribution >= 0.6 is 0 Å². The van der Waals surface area contributed by atoms with Crippen LogP contribution in [0, 0.1) is 0 Å². The summed E-state index contributed by atoms with van der Waals surface area (Å²) in [5.74, 6) is -0.150. The molecule has 6 heteroatoms. The van der Waals surface area contributed by atoms with Gasteiger partial charge in [-0.2, -0.15) is 0 Å². The Bertz CT molecular complexity index is 259. The van der Waals surface area contributed by atoms with E-state index in [-0.39, 0.29) is 25.2 Å². The Morgan fingerprint density at radius 3 is 2.47 bits per heavy atom. The fraction of sp³-hybridized carbons (Fsp3) is 0.846. The van der Waals surface area contributed by atoms with Crippen LogP contribution in [0.2, 0.25) is 0 Å². The highest BCUT2D eigenvalue weighted by Gasteiger charge is 2.08. The van der Waals surface area contributed by atoms with Crippen LogP contribution in [-0.4, -0.2) is 57.9 Å². The zero-order chi connectivity index (χ0) is 14.5. The van der Waals surface area contributed by atoms with Gasteiger partial charge in [0.15, 0.2) is 0 Å². The molecule has 0 aromatic rings. The van der Waals surface area contributed by atoms with Crippen molar-refractivity contribution in [3.8, 4) is 0 Å². The van der Waals surface area contributed by atoms with Crippen molar-refractivity contribution in [2.75, 3.05) is 41.1 Å². The summed E-state index contributed by atoms with van der Waals surface area (Å²) in [4.78, 5) is 24.1. The minimum Gasteiger partial charge on any atom is -0.385 e. The van der Waals surface area contributed by atoms with Crippen LogP contribution in [0.5, 0.6) is 0 Å². The molecule has 0 aromatic heterocycles. The highest BCUT2D eigenvalue weighted by Crippen LogP contribution is 2.05. The molecule has 0 aliphatic rings. The predicted octanol–water partition coefficient (Wildman–Crippen LogP) is 0.762. The summed E-state index contributed by atoms with van der Waals surface area (Å²) < 4.78 is 10.1. The molecule has 19 heavy (non-hydrogen) atoms. The Kier molecular flexibility index (Phi) is 11.2. The zero-order valence-corrected chi connectivity index (χ0v) is 12.2. The van der Waals surface area contributed by atoms with Gasteiger partial charge in [-0.3, -0.25) is 9.59 Å². The molecule has 0 aliphatic carbocycles. The summed E-state index contributed by atoms with van der Waals surface area (Å²) in [5, 5.41) is 2.45. The second-order valence-corrected chi connectivity index (χ2v) is 4.40. The van der Waals surface area contributed by atoms with E-state index in [4.69, 9.17) is 9.47 Å². The van der Waals surface area contributed by atoms with Crippen molar-refractivity contribution in [3.05, 3.63) is 0 Å². The lowest BCUT2D eigenvalue weighted by Gasteiger charge is -2.16. The third-order valence-electron chi connectivity index (χ3n) is 2.71. The SMILES string of the molecule is CNC(=O)COCN(C)C(=O)CCCCCCOC. The molecule has 0 atom stereocenters. The molecule has 0 radical (unpaired) electrons. The Morgan fingerprint density at radius 1 is 1.16 bits per heavy atom. The smallest absolute Gasteiger partial charge is 0.245 e. The summed E-state index contributed by atoms with van der Waals surface area (Å²) in [6, 6.07) is 0. The number of rotatable bonds is 11. The van der Waals surface area contributed by atoms with Crippen molar-refractivity contribution in [3.63, 3.8) is 0 Å². The van der Waals surface area contributed by atoms with Crippen molar-refractivity contribution in [2.24, 2.45) is 0 Å². The third-order valence-corrected chi connectivity index (χ3v) is 2.71. The first kappa shape index (κ1) is 17.9. The largest absolute Gasteiger partial charge is 0.385 e. The van der Waals surface area contributed by atoms with E-state index in [9.17, 15) is 9.59 Å². The molecule has 0 fully saturated rings. The maximum Gasteiger partial charge on any atom is 0.245 e. The molecule has 6 nitrogen and oxygen atoms in total. The van der Waals surface area contributed by atoms with Gasteiger partial charge in [-0.15, -0.1) is 0 Å². The lowest BCUT2D eigenvalue weighted by atomic mass is 10.1. The van der Waals surface area contributed by atoms with Crippen molar-refractivity contribution in [2.45, 2.75) is 32.1 Å². The van der Waals surface area contributed by atoms with Crippen LogP contribution in [0.3, 0.4) is 0 Å². The van der Waals surface area contributed by atoms with Crippen LogP contribution in [0.25, 0.3) is 0 Å². The molecule has 0 saturated heterocycles. The number of unbranched alkanes of at least 4 members (excludes halogenated alkanes) is 3. The summed E-state index contributed by atoms with van der Waals surface area (Å²) in [6.45, 7) is 0.905. The predicted molar refractivity (Wildman–Crippen MR) is 72.6 cm³/mol. The molecular formula is C13H26N2O4. The molecule has 0 spiro atoms. The highest BCUT2D eigenvalue weighted by molar-refractivity contribution is 5.77. The zero-order valence-electron chi connectivity index (χ0n) is 12.2. The van der Waals surface area contributed by atoms with E-state index in [0.29, 0.717) is 6.42 Å². The Hall–Kier alpha value is -1.14. The topological polar surface area (TPSA) is 67.9 Å². The van der Waals surface area contributed by atoms with E-state index in [1.807, 2.05) is 0 Å². The van der Waals surface area contributed by atoms with Gasteiger partial charge in [0, 0.05) is 34.2 Å². The summed E-state index contributed by atoms with van der Waals surface area (Å²) in [7, 11) is 4.92. The van der Waals surface area contributed by atoms with E-state index in [1.54, 1.807) is 21.2 Å². The van der Waals surface area contributed by atoms with Gasteiger partial charge >= 0.3 is 0 Å². The summed E-state index contributed by atoms with van der Waals surface area (Å²) >= 11 is 0. The quantitative estimate of drug-likeness (QED) is 0.446. The van der Waals surface area contributed by atoms with E-state index in [2.05, 4.69) is 5.32 Å². The molecule has 0 aromatic carbocycles. The van der Waals surface area contributed by atoms with Crippen molar-refractivity contribution in [1.82, 2.24) is 10.2 Å². The van der Waals surface area contributed by atoms with E-state index >= 15 is 0 Å². The molecule has 1 N–H and O–H groups in total. The van der Waals surface area contributed by atoms with E-state index in [1.165, 1.54) is 4.90 Å². The maximum atomic E-state index is 11.7. The van der Waals surface area contributed by atoms with Gasteiger partial charge in [-0.1, -0.05) is 12.8 Å². The first-order valence-corrected chi connectivity index (χ1v) is 6.63. The van der Waals surface area contributed by atoms with Crippen LogP contribution in [0.4, 0.5) is 0 Å². The van der Waals surface area contributed by atoms with Gasteiger partial charge in [-0.25, -0.2) is 0 Å². The molecule has 112 valence electrons. The van der Waals surface area contributed by atoms with Gasteiger partial charge in [0.1, 0.15) is 13.3 Å². The second-order valence-electron chi connectivity index (χ2n) is 4.40. The molecule has 0 unspecified atom stereocenters. The monoisotopic (exact) mass is 274 g/mol. The second kappa shape index (κ2) is 11.9. The van der Waals surface area contributed by atoms with Gasteiger partial charge < -0.3 is 19.7 Å². The first-order chi connectivity index (χ1) is 9.11. The van der Waals surface area contributed by atoms with E-state index < -0.39 is 0 Å². The lowest BCUT2D eigenvalue weighted by Crippen LogP contribution is -2.32. The van der Waals surface area contributed by atoms with Gasteiger partial charge in [-0.05, 0) is 12.8 Å². The van der Waals surface area contributed by atoms with Crippen LogP contribution in [0.15, 0.2) is 0 Å². The Balaban J connectivity index is 3.51. The lowest BCUT2D eigenvalue weighted by molar-refractivity contribution is -0.138. The first-order valence-electron chi connectivity index (χ1n) is 6.63. The minimum atomic E-state index is -0.195. The van der Waals surface area contributed by atoms with Crippen molar-refractivity contribution < 1.29 is 19.1 Å². The van der Waals surface area contributed by atoms with Gasteiger partial charge in [0.05, 0.1) is 0 Å². The van der Waals surface area contributed by atoms with Gasteiger partial charge in [0.25, 0.3) is 0 Å². The number of nitrogens with one attached hydrogen (secondary N) is 1. The average molecular weight is 274 g/mol.